The normalized spacial score (nSPS) is 10.3. The lowest BCUT2D eigenvalue weighted by molar-refractivity contribution is 0.0594. The Balaban J connectivity index is 3.48. The van der Waals surface area contributed by atoms with Crippen molar-refractivity contribution < 1.29 is 30.0 Å². The van der Waals surface area contributed by atoms with Crippen molar-refractivity contribution >= 4 is 5.97 Å². The minimum Gasteiger partial charge on any atom is -0.504 e. The number of benzene rings is 1. The lowest BCUT2D eigenvalue weighted by Crippen LogP contribution is -2.07. The monoisotopic (exact) mass is 256 g/mol. The van der Waals surface area contributed by atoms with Gasteiger partial charge in [-0.15, -0.1) is 0 Å². The zero-order valence-corrected chi connectivity index (χ0v) is 10.2. The van der Waals surface area contributed by atoms with Gasteiger partial charge in [0.15, 0.2) is 11.5 Å². The summed E-state index contributed by atoms with van der Waals surface area (Å²) in [5.41, 5.74) is -0.254. The lowest BCUT2D eigenvalue weighted by Gasteiger charge is -2.14. The van der Waals surface area contributed by atoms with Crippen LogP contribution in [0.25, 0.3) is 0 Å². The van der Waals surface area contributed by atoms with Crippen LogP contribution >= 0.6 is 0 Å². The first-order valence-corrected chi connectivity index (χ1v) is 5.52. The second kappa shape index (κ2) is 5.48. The number of hydrogen-bond donors (Lipinski definition) is 4. The zero-order chi connectivity index (χ0) is 13.9. The predicted octanol–water partition coefficient (Wildman–Crippen LogP) is 1.64. The predicted molar refractivity (Wildman–Crippen MR) is 63.1 cm³/mol. The number of methoxy groups -OCH3 is 1. The van der Waals surface area contributed by atoms with Gasteiger partial charge in [0.25, 0.3) is 0 Å². The third kappa shape index (κ3) is 2.27. The Morgan fingerprint density at radius 3 is 2.11 bits per heavy atom. The Morgan fingerprint density at radius 2 is 1.61 bits per heavy atom. The van der Waals surface area contributed by atoms with Gasteiger partial charge in [-0.2, -0.15) is 0 Å². The standard InChI is InChI=1S/C12H16O6/c1-3-4-5-6-7(12(17)18-2)9(14)11(16)10(15)8(6)13/h13-16H,3-5H2,1-2H3. The molecule has 0 amide bonds. The number of carbonyl (C=O) groups excluding carboxylic acids is 1. The molecule has 6 nitrogen and oxygen atoms in total. The fourth-order valence-electron chi connectivity index (χ4n) is 1.67. The molecule has 100 valence electrons. The van der Waals surface area contributed by atoms with Crippen LogP contribution in [0.5, 0.6) is 23.0 Å². The molecule has 0 heterocycles. The van der Waals surface area contributed by atoms with Crippen LogP contribution in [0.3, 0.4) is 0 Å². The molecule has 0 aromatic heterocycles. The Labute approximate surface area is 104 Å². The molecule has 0 bridgehead atoms. The molecular formula is C12H16O6. The van der Waals surface area contributed by atoms with E-state index in [1.807, 2.05) is 6.92 Å². The molecule has 18 heavy (non-hydrogen) atoms. The van der Waals surface area contributed by atoms with Crippen molar-refractivity contribution in [1.82, 2.24) is 0 Å². The summed E-state index contributed by atoms with van der Waals surface area (Å²) in [6.45, 7) is 1.91. The second-order valence-corrected chi connectivity index (χ2v) is 3.84. The summed E-state index contributed by atoms with van der Waals surface area (Å²) in [5.74, 6) is -4.06. The van der Waals surface area contributed by atoms with Gasteiger partial charge < -0.3 is 25.2 Å². The van der Waals surface area contributed by atoms with Crippen molar-refractivity contribution in [1.29, 1.82) is 0 Å². The average Bonchev–Trinajstić information content (AvgIpc) is 2.38. The van der Waals surface area contributed by atoms with Crippen LogP contribution in [0.4, 0.5) is 0 Å². The van der Waals surface area contributed by atoms with Gasteiger partial charge in [0.1, 0.15) is 5.56 Å². The van der Waals surface area contributed by atoms with E-state index in [1.54, 1.807) is 0 Å². The molecule has 0 saturated heterocycles. The van der Waals surface area contributed by atoms with E-state index in [1.165, 1.54) is 0 Å². The molecule has 0 radical (unpaired) electrons. The van der Waals surface area contributed by atoms with Gasteiger partial charge in [-0.1, -0.05) is 13.3 Å². The van der Waals surface area contributed by atoms with E-state index in [0.29, 0.717) is 6.42 Å². The van der Waals surface area contributed by atoms with Gasteiger partial charge in [-0.3, -0.25) is 0 Å². The van der Waals surface area contributed by atoms with Crippen LogP contribution < -0.4 is 0 Å². The van der Waals surface area contributed by atoms with E-state index in [4.69, 9.17) is 0 Å². The fraction of sp³-hybridized carbons (Fsp3) is 0.417. The highest BCUT2D eigenvalue weighted by Gasteiger charge is 2.27. The molecule has 0 spiro atoms. The first kappa shape index (κ1) is 14.0. The van der Waals surface area contributed by atoms with Crippen molar-refractivity contribution in [2.24, 2.45) is 0 Å². The third-order valence-corrected chi connectivity index (χ3v) is 2.67. The van der Waals surface area contributed by atoms with Crippen molar-refractivity contribution in [2.75, 3.05) is 7.11 Å². The number of hydrogen-bond acceptors (Lipinski definition) is 6. The molecule has 1 rings (SSSR count). The number of carbonyl (C=O) groups is 1. The lowest BCUT2D eigenvalue weighted by atomic mass is 9.98. The van der Waals surface area contributed by atoms with E-state index in [-0.39, 0.29) is 17.5 Å². The molecule has 4 N–H and O–H groups in total. The SMILES string of the molecule is CCCCc1c(O)c(O)c(O)c(O)c1C(=O)OC. The van der Waals surface area contributed by atoms with E-state index < -0.39 is 29.0 Å². The molecule has 0 saturated carbocycles. The smallest absolute Gasteiger partial charge is 0.342 e. The number of unbranched alkanes of at least 4 members (excludes halogenated alkanes) is 1. The molecule has 0 fully saturated rings. The second-order valence-electron chi connectivity index (χ2n) is 3.84. The minimum absolute atomic E-state index is 0.0662. The maximum Gasteiger partial charge on any atom is 0.342 e. The van der Waals surface area contributed by atoms with Crippen LogP contribution in [0.2, 0.25) is 0 Å². The molecule has 0 unspecified atom stereocenters. The van der Waals surface area contributed by atoms with Crippen LogP contribution in [-0.2, 0) is 11.2 Å². The molecule has 6 heteroatoms. The van der Waals surface area contributed by atoms with Crippen molar-refractivity contribution in [3.8, 4) is 23.0 Å². The summed E-state index contributed by atoms with van der Waals surface area (Å²) in [6, 6.07) is 0. The number of esters is 1. The molecule has 1 aromatic rings. The number of phenolic OH excluding ortho intramolecular Hbond substituents is 4. The van der Waals surface area contributed by atoms with E-state index in [0.717, 1.165) is 13.5 Å². The van der Waals surface area contributed by atoms with Crippen LogP contribution in [0.1, 0.15) is 35.7 Å². The van der Waals surface area contributed by atoms with Gasteiger partial charge in [0, 0.05) is 5.56 Å². The van der Waals surface area contributed by atoms with Crippen molar-refractivity contribution in [3.63, 3.8) is 0 Å². The molecule has 0 aliphatic rings. The van der Waals surface area contributed by atoms with Gasteiger partial charge in [-0.05, 0) is 12.8 Å². The van der Waals surface area contributed by atoms with Gasteiger partial charge >= 0.3 is 5.97 Å². The summed E-state index contributed by atoms with van der Waals surface area (Å²) in [5, 5.41) is 38.2. The molecule has 0 aliphatic carbocycles. The van der Waals surface area contributed by atoms with E-state index in [9.17, 15) is 25.2 Å². The molecular weight excluding hydrogens is 240 g/mol. The number of aromatic hydroxyl groups is 4. The summed E-state index contributed by atoms with van der Waals surface area (Å²) in [4.78, 5) is 11.5. The molecule has 0 atom stereocenters. The minimum atomic E-state index is -0.937. The van der Waals surface area contributed by atoms with Crippen LogP contribution in [0, 0.1) is 0 Å². The van der Waals surface area contributed by atoms with Crippen LogP contribution in [0.15, 0.2) is 0 Å². The van der Waals surface area contributed by atoms with Gasteiger partial charge in [0.05, 0.1) is 7.11 Å². The largest absolute Gasteiger partial charge is 0.504 e. The zero-order valence-electron chi connectivity index (χ0n) is 10.2. The van der Waals surface area contributed by atoms with E-state index >= 15 is 0 Å². The third-order valence-electron chi connectivity index (χ3n) is 2.67. The Hall–Kier alpha value is -2.11. The first-order valence-electron chi connectivity index (χ1n) is 5.52. The Morgan fingerprint density at radius 1 is 1.06 bits per heavy atom. The highest BCUT2D eigenvalue weighted by molar-refractivity contribution is 5.97. The molecule has 0 aliphatic heterocycles. The average molecular weight is 256 g/mol. The van der Waals surface area contributed by atoms with Gasteiger partial charge in [0.2, 0.25) is 11.5 Å². The quantitative estimate of drug-likeness (QED) is 0.370. The van der Waals surface area contributed by atoms with Gasteiger partial charge in [-0.25, -0.2) is 4.79 Å². The molecule has 1 aromatic carbocycles. The summed E-state index contributed by atoms with van der Waals surface area (Å²) >= 11 is 0. The summed E-state index contributed by atoms with van der Waals surface area (Å²) in [7, 11) is 1.12. The maximum atomic E-state index is 11.5. The first-order chi connectivity index (χ1) is 8.45. The fourth-order valence-corrected chi connectivity index (χ4v) is 1.67. The summed E-state index contributed by atoms with van der Waals surface area (Å²) in [6.07, 6.45) is 1.71. The van der Waals surface area contributed by atoms with Crippen molar-refractivity contribution in [2.45, 2.75) is 26.2 Å². The highest BCUT2D eigenvalue weighted by Crippen LogP contribution is 2.47. The summed E-state index contributed by atoms with van der Waals surface area (Å²) < 4.78 is 4.48. The topological polar surface area (TPSA) is 107 Å². The highest BCUT2D eigenvalue weighted by atomic mass is 16.5. The Bertz CT molecular complexity index is 466. The van der Waals surface area contributed by atoms with Crippen molar-refractivity contribution in [3.05, 3.63) is 11.1 Å². The maximum absolute atomic E-state index is 11.5. The van der Waals surface area contributed by atoms with Crippen LogP contribution in [-0.4, -0.2) is 33.5 Å². The number of phenols is 4. The Kier molecular flexibility index (Phi) is 4.25. The number of rotatable bonds is 4. The number of ether oxygens (including phenoxy) is 1. The van der Waals surface area contributed by atoms with E-state index in [2.05, 4.69) is 4.74 Å².